The predicted molar refractivity (Wildman–Crippen MR) is 48.1 cm³/mol. The first-order valence-corrected chi connectivity index (χ1v) is 6.03. The molecular weight excluding hydrogens is 176 g/mol. The first-order valence-electron chi connectivity index (χ1n) is 4.40. The van der Waals surface area contributed by atoms with Crippen LogP contribution in [0.15, 0.2) is 0 Å². The summed E-state index contributed by atoms with van der Waals surface area (Å²) in [5, 5.41) is 28.7. The third kappa shape index (κ3) is 1.27. The lowest BCUT2D eigenvalue weighted by Gasteiger charge is -2.31. The lowest BCUT2D eigenvalue weighted by atomic mass is 10.0. The molecule has 0 radical (unpaired) electrons. The van der Waals surface area contributed by atoms with E-state index in [1.807, 2.05) is 0 Å². The first-order chi connectivity index (χ1) is 5.70. The number of hydrogen-bond acceptors (Lipinski definition) is 3. The highest BCUT2D eigenvalue weighted by Gasteiger charge is 2.51. The van der Waals surface area contributed by atoms with Crippen LogP contribution in [-0.2, 0) is 10.9 Å². The molecule has 12 heavy (non-hydrogen) atoms. The van der Waals surface area contributed by atoms with Gasteiger partial charge in [-0.15, -0.1) is 0 Å². The van der Waals surface area contributed by atoms with Gasteiger partial charge in [-0.05, 0) is 17.3 Å². The van der Waals surface area contributed by atoms with Crippen LogP contribution in [0.25, 0.3) is 0 Å². The van der Waals surface area contributed by atoms with E-state index in [4.69, 9.17) is 0 Å². The summed E-state index contributed by atoms with van der Waals surface area (Å²) in [6, 6.07) is 0. The highest BCUT2D eigenvalue weighted by molar-refractivity contribution is 7.97. The highest BCUT2D eigenvalue weighted by atomic mass is 32.2. The lowest BCUT2D eigenvalue weighted by Crippen LogP contribution is -2.54. The minimum Gasteiger partial charge on any atom is -0.387 e. The van der Waals surface area contributed by atoms with Crippen LogP contribution in [0, 0.1) is 0 Å². The van der Waals surface area contributed by atoms with E-state index < -0.39 is 18.3 Å². The van der Waals surface area contributed by atoms with Gasteiger partial charge in [0.1, 0.15) is 35.1 Å². The van der Waals surface area contributed by atoms with E-state index in [0.717, 1.165) is 18.6 Å². The van der Waals surface area contributed by atoms with E-state index in [9.17, 15) is 15.3 Å². The largest absolute Gasteiger partial charge is 0.387 e. The highest BCUT2D eigenvalue weighted by Crippen LogP contribution is 2.32. The molecule has 3 nitrogen and oxygen atoms in total. The zero-order valence-electron chi connectivity index (χ0n) is 6.89. The normalized spacial score (nSPS) is 53.8. The van der Waals surface area contributed by atoms with Crippen molar-refractivity contribution in [3.63, 3.8) is 0 Å². The maximum Gasteiger partial charge on any atom is 0.146 e. The van der Waals surface area contributed by atoms with Crippen molar-refractivity contribution in [3.8, 4) is 0 Å². The Balaban J connectivity index is 2.10. The molecule has 0 saturated carbocycles. The molecule has 2 aliphatic heterocycles. The van der Waals surface area contributed by atoms with Crippen LogP contribution < -0.4 is 0 Å². The Morgan fingerprint density at radius 2 is 1.83 bits per heavy atom. The molecule has 2 rings (SSSR count). The molecule has 5 atom stereocenters. The summed E-state index contributed by atoms with van der Waals surface area (Å²) in [5.41, 5.74) is 0. The third-order valence-corrected chi connectivity index (χ3v) is 5.79. The van der Waals surface area contributed by atoms with Gasteiger partial charge < -0.3 is 15.3 Å². The van der Waals surface area contributed by atoms with Crippen molar-refractivity contribution < 1.29 is 15.3 Å². The van der Waals surface area contributed by atoms with Gasteiger partial charge in [0.25, 0.3) is 0 Å². The molecule has 70 valence electrons. The minimum atomic E-state index is -0.906. The van der Waals surface area contributed by atoms with Crippen LogP contribution >= 0.6 is 0 Å². The van der Waals surface area contributed by atoms with Crippen LogP contribution in [0.4, 0.5) is 0 Å². The zero-order valence-corrected chi connectivity index (χ0v) is 7.70. The van der Waals surface area contributed by atoms with E-state index in [2.05, 4.69) is 0 Å². The molecule has 0 aliphatic carbocycles. The predicted octanol–water partition coefficient (Wildman–Crippen LogP) is -1.14. The SMILES string of the molecule is OC1C[S+]2CCCC2[C@@H](O)[C@@H]1O. The maximum atomic E-state index is 9.62. The Bertz CT molecular complexity index is 176. The van der Waals surface area contributed by atoms with Crippen molar-refractivity contribution in [1.82, 2.24) is 0 Å². The van der Waals surface area contributed by atoms with E-state index in [-0.39, 0.29) is 16.1 Å². The van der Waals surface area contributed by atoms with Gasteiger partial charge in [0, 0.05) is 6.42 Å². The van der Waals surface area contributed by atoms with E-state index in [1.165, 1.54) is 0 Å². The van der Waals surface area contributed by atoms with Gasteiger partial charge in [-0.3, -0.25) is 0 Å². The fourth-order valence-electron chi connectivity index (χ4n) is 2.13. The first kappa shape index (κ1) is 8.81. The second kappa shape index (κ2) is 3.18. The Morgan fingerprint density at radius 3 is 2.58 bits per heavy atom. The Hall–Kier alpha value is 0.230. The van der Waals surface area contributed by atoms with E-state index in [0.29, 0.717) is 5.75 Å². The molecule has 3 unspecified atom stereocenters. The van der Waals surface area contributed by atoms with Gasteiger partial charge in [0.2, 0.25) is 0 Å². The van der Waals surface area contributed by atoms with Crippen molar-refractivity contribution in [3.05, 3.63) is 0 Å². The summed E-state index contributed by atoms with van der Waals surface area (Å²) in [4.78, 5) is 0. The Morgan fingerprint density at radius 1 is 1.08 bits per heavy atom. The summed E-state index contributed by atoms with van der Waals surface area (Å²) in [6.07, 6.45) is -0.118. The van der Waals surface area contributed by atoms with Gasteiger partial charge in [-0.1, -0.05) is 0 Å². The zero-order chi connectivity index (χ0) is 8.72. The smallest absolute Gasteiger partial charge is 0.146 e. The summed E-state index contributed by atoms with van der Waals surface area (Å²) >= 11 is 0. The molecule has 2 heterocycles. The third-order valence-electron chi connectivity index (χ3n) is 2.83. The molecule has 4 heteroatoms. The number of aliphatic hydroxyl groups excluding tert-OH is 3. The topological polar surface area (TPSA) is 60.7 Å². The minimum absolute atomic E-state index is 0.174. The molecule has 0 aromatic carbocycles. The van der Waals surface area contributed by atoms with Gasteiger partial charge in [-0.2, -0.15) is 0 Å². The maximum absolute atomic E-state index is 9.62. The molecule has 0 bridgehead atoms. The van der Waals surface area contributed by atoms with Gasteiger partial charge in [-0.25, -0.2) is 0 Å². The lowest BCUT2D eigenvalue weighted by molar-refractivity contribution is -0.0558. The molecular formula is C8H15O3S+. The molecule has 2 aliphatic rings. The molecule has 0 amide bonds. The van der Waals surface area contributed by atoms with Gasteiger partial charge in [0.05, 0.1) is 0 Å². The van der Waals surface area contributed by atoms with Crippen LogP contribution in [0.2, 0.25) is 0 Å². The standard InChI is InChI=1S/C8H15O3S/c9-5-4-12-3-1-2-6(12)8(11)7(5)10/h5-11H,1-4H2/q+1/t5?,6?,7-,8-,12?/m1/s1. The van der Waals surface area contributed by atoms with Crippen LogP contribution in [0.1, 0.15) is 12.8 Å². The van der Waals surface area contributed by atoms with Gasteiger partial charge in [0.15, 0.2) is 0 Å². The monoisotopic (exact) mass is 191 g/mol. The van der Waals surface area contributed by atoms with Crippen LogP contribution in [0.3, 0.4) is 0 Å². The molecule has 0 aromatic rings. The number of rotatable bonds is 0. The van der Waals surface area contributed by atoms with Crippen LogP contribution in [0.5, 0.6) is 0 Å². The average Bonchev–Trinajstić information content (AvgIpc) is 2.48. The van der Waals surface area contributed by atoms with Crippen molar-refractivity contribution in [1.29, 1.82) is 0 Å². The molecule has 0 aromatic heterocycles. The van der Waals surface area contributed by atoms with E-state index in [1.54, 1.807) is 0 Å². The Labute approximate surface area is 74.8 Å². The van der Waals surface area contributed by atoms with Gasteiger partial charge >= 0.3 is 0 Å². The number of hydrogen-bond donors (Lipinski definition) is 3. The van der Waals surface area contributed by atoms with Crippen molar-refractivity contribution in [2.24, 2.45) is 0 Å². The van der Waals surface area contributed by atoms with Crippen molar-refractivity contribution in [2.45, 2.75) is 36.4 Å². The second-order valence-electron chi connectivity index (χ2n) is 3.64. The summed E-state index contributed by atoms with van der Waals surface area (Å²) in [6.45, 7) is 0. The second-order valence-corrected chi connectivity index (χ2v) is 6.06. The van der Waals surface area contributed by atoms with E-state index >= 15 is 0 Å². The fourth-order valence-corrected chi connectivity index (χ4v) is 5.07. The summed E-state index contributed by atoms with van der Waals surface area (Å²) in [7, 11) is 0.174. The fraction of sp³-hybridized carbons (Fsp3) is 1.00. The number of fused-ring (bicyclic) bond motifs is 1. The Kier molecular flexibility index (Phi) is 2.33. The number of aliphatic hydroxyl groups is 3. The molecule has 2 saturated heterocycles. The van der Waals surface area contributed by atoms with Crippen molar-refractivity contribution >= 4 is 10.9 Å². The average molecular weight is 191 g/mol. The quantitative estimate of drug-likeness (QED) is 0.424. The van der Waals surface area contributed by atoms with Crippen molar-refractivity contribution in [2.75, 3.05) is 11.5 Å². The summed E-state index contributed by atoms with van der Waals surface area (Å²) < 4.78 is 0. The molecule has 2 fully saturated rings. The molecule has 3 N–H and O–H groups in total. The summed E-state index contributed by atoms with van der Waals surface area (Å²) in [5.74, 6) is 1.83. The van der Waals surface area contributed by atoms with Crippen LogP contribution in [-0.4, -0.2) is 50.4 Å². The molecule has 0 spiro atoms.